The van der Waals surface area contributed by atoms with Gasteiger partial charge >= 0.3 is 0 Å². The van der Waals surface area contributed by atoms with Gasteiger partial charge in [0.05, 0.1) is 18.6 Å². The van der Waals surface area contributed by atoms with Crippen LogP contribution in [0.25, 0.3) is 6.08 Å². The fourth-order valence-electron chi connectivity index (χ4n) is 3.37. The number of amides is 2. The molecule has 0 aliphatic carbocycles. The van der Waals surface area contributed by atoms with Crippen molar-refractivity contribution in [2.45, 2.75) is 20.5 Å². The molecule has 1 saturated heterocycles. The lowest BCUT2D eigenvalue weighted by atomic mass is 10.1. The normalized spacial score (nSPS) is 14.6. The highest BCUT2D eigenvalue weighted by atomic mass is 127. The first-order valence-corrected chi connectivity index (χ1v) is 13.9. The Hall–Kier alpha value is -2.05. The number of benzene rings is 3. The Balaban J connectivity index is 1.40. The number of imide groups is 1. The summed E-state index contributed by atoms with van der Waals surface area (Å²) in [5.74, 6) is 1.23. The summed E-state index contributed by atoms with van der Waals surface area (Å²) < 4.78 is 13.7. The molecule has 180 valence electrons. The lowest BCUT2D eigenvalue weighted by Gasteiger charge is -2.13. The largest absolute Gasteiger partial charge is 0.492 e. The van der Waals surface area contributed by atoms with Gasteiger partial charge in [-0.2, -0.15) is 0 Å². The summed E-state index contributed by atoms with van der Waals surface area (Å²) in [6.45, 7) is 5.00. The Morgan fingerprint density at radius 2 is 1.49 bits per heavy atom. The van der Waals surface area contributed by atoms with Crippen LogP contribution < -0.4 is 9.47 Å². The maximum atomic E-state index is 12.9. The van der Waals surface area contributed by atoms with Gasteiger partial charge in [-0.3, -0.25) is 14.5 Å². The van der Waals surface area contributed by atoms with Gasteiger partial charge in [0.15, 0.2) is 0 Å². The van der Waals surface area contributed by atoms with E-state index in [4.69, 9.17) is 9.47 Å². The third-order valence-electron chi connectivity index (χ3n) is 5.30. The van der Waals surface area contributed by atoms with E-state index in [-0.39, 0.29) is 24.3 Å². The third kappa shape index (κ3) is 6.79. The topological polar surface area (TPSA) is 55.8 Å². The number of carbonyl (C=O) groups excluding carboxylic acids is 2. The van der Waals surface area contributed by atoms with Crippen LogP contribution in [0.3, 0.4) is 0 Å². The molecule has 4 rings (SSSR count). The first kappa shape index (κ1) is 26.0. The Bertz CT molecular complexity index is 1250. The fourth-order valence-corrected chi connectivity index (χ4v) is 6.37. The standard InChI is InChI=1S/C27H23I2NO4S/c1-17-3-7-19(8-4-17)16-34-25-22(28)13-20(14-23(25)29)15-24-26(31)30(27(32)35-24)11-12-33-21-9-5-18(2)6-10-21/h3-10,13-15H,11-12,16H2,1-2H3/b24-15-. The summed E-state index contributed by atoms with van der Waals surface area (Å²) >= 11 is 5.44. The van der Waals surface area contributed by atoms with E-state index >= 15 is 0 Å². The van der Waals surface area contributed by atoms with Crippen molar-refractivity contribution in [2.24, 2.45) is 0 Å². The monoisotopic (exact) mass is 711 g/mol. The van der Waals surface area contributed by atoms with Gasteiger partial charge in [-0.25, -0.2) is 0 Å². The molecule has 1 fully saturated rings. The molecule has 0 aromatic heterocycles. The van der Waals surface area contributed by atoms with Gasteiger partial charge in [-0.05, 0) is 112 Å². The molecule has 1 aliphatic rings. The molecule has 3 aromatic carbocycles. The van der Waals surface area contributed by atoms with Crippen molar-refractivity contribution in [1.82, 2.24) is 4.90 Å². The molecule has 1 heterocycles. The average molecular weight is 711 g/mol. The van der Waals surface area contributed by atoms with E-state index in [0.717, 1.165) is 41.3 Å². The maximum absolute atomic E-state index is 12.9. The second-order valence-electron chi connectivity index (χ2n) is 8.08. The molecule has 0 N–H and O–H groups in total. The van der Waals surface area contributed by atoms with Gasteiger partial charge in [-0.15, -0.1) is 0 Å². The molecule has 2 amide bonds. The third-order valence-corrected chi connectivity index (χ3v) is 7.81. The zero-order valence-electron chi connectivity index (χ0n) is 19.2. The summed E-state index contributed by atoms with van der Waals surface area (Å²) in [6, 6.07) is 19.8. The van der Waals surface area contributed by atoms with Crippen LogP contribution in [0.4, 0.5) is 4.79 Å². The Kier molecular flexibility index (Phi) is 8.77. The van der Waals surface area contributed by atoms with Crippen molar-refractivity contribution in [1.29, 1.82) is 0 Å². The molecule has 5 nitrogen and oxygen atoms in total. The number of carbonyl (C=O) groups is 2. The van der Waals surface area contributed by atoms with E-state index in [1.165, 1.54) is 10.5 Å². The second-order valence-corrected chi connectivity index (χ2v) is 11.4. The minimum atomic E-state index is -0.294. The molecule has 0 bridgehead atoms. The molecule has 1 aliphatic heterocycles. The van der Waals surface area contributed by atoms with Crippen LogP contribution in [0.2, 0.25) is 0 Å². The lowest BCUT2D eigenvalue weighted by molar-refractivity contribution is -0.123. The number of rotatable bonds is 8. The molecule has 35 heavy (non-hydrogen) atoms. The van der Waals surface area contributed by atoms with E-state index in [1.807, 2.05) is 43.3 Å². The SMILES string of the molecule is Cc1ccc(COc2c(I)cc(/C=C3\SC(=O)N(CCOc4ccc(C)cc4)C3=O)cc2I)cc1. The van der Waals surface area contributed by atoms with Crippen LogP contribution in [0.1, 0.15) is 22.3 Å². The average Bonchev–Trinajstić information content (AvgIpc) is 3.08. The van der Waals surface area contributed by atoms with Crippen molar-refractivity contribution < 1.29 is 19.1 Å². The smallest absolute Gasteiger partial charge is 0.293 e. The second kappa shape index (κ2) is 11.8. The molecule has 0 atom stereocenters. The number of ether oxygens (including phenoxy) is 2. The molecule has 0 radical (unpaired) electrons. The van der Waals surface area contributed by atoms with E-state index in [9.17, 15) is 9.59 Å². The number of hydrogen-bond donors (Lipinski definition) is 0. The van der Waals surface area contributed by atoms with Gasteiger partial charge < -0.3 is 9.47 Å². The Labute approximate surface area is 236 Å². The van der Waals surface area contributed by atoms with Crippen molar-refractivity contribution in [3.63, 3.8) is 0 Å². The van der Waals surface area contributed by atoms with E-state index in [2.05, 4.69) is 76.4 Å². The predicted octanol–water partition coefficient (Wildman–Crippen LogP) is 7.21. The van der Waals surface area contributed by atoms with Crippen molar-refractivity contribution in [3.05, 3.63) is 95.0 Å². The highest BCUT2D eigenvalue weighted by Gasteiger charge is 2.34. The quantitative estimate of drug-likeness (QED) is 0.183. The summed E-state index contributed by atoms with van der Waals surface area (Å²) in [5.41, 5.74) is 4.31. The maximum Gasteiger partial charge on any atom is 0.293 e. The van der Waals surface area contributed by atoms with Gasteiger partial charge in [0, 0.05) is 0 Å². The minimum absolute atomic E-state index is 0.205. The van der Waals surface area contributed by atoms with Crippen LogP contribution in [0, 0.1) is 21.0 Å². The first-order valence-electron chi connectivity index (χ1n) is 10.9. The predicted molar refractivity (Wildman–Crippen MR) is 157 cm³/mol. The molecule has 8 heteroatoms. The molecular formula is C27H23I2NO4S. The minimum Gasteiger partial charge on any atom is -0.492 e. The molecule has 0 saturated carbocycles. The zero-order chi connectivity index (χ0) is 24.9. The summed E-state index contributed by atoms with van der Waals surface area (Å²) in [7, 11) is 0. The number of aryl methyl sites for hydroxylation is 2. The summed E-state index contributed by atoms with van der Waals surface area (Å²) in [4.78, 5) is 27.0. The fraction of sp³-hybridized carbons (Fsp3) is 0.185. The van der Waals surface area contributed by atoms with Crippen LogP contribution >= 0.6 is 56.9 Å². The number of thioether (sulfide) groups is 1. The highest BCUT2D eigenvalue weighted by molar-refractivity contribution is 14.1. The van der Waals surface area contributed by atoms with Gasteiger partial charge in [0.2, 0.25) is 0 Å². The van der Waals surface area contributed by atoms with E-state index in [0.29, 0.717) is 17.3 Å². The number of hydrogen-bond acceptors (Lipinski definition) is 5. The highest BCUT2D eigenvalue weighted by Crippen LogP contribution is 2.35. The van der Waals surface area contributed by atoms with Gasteiger partial charge in [0.1, 0.15) is 24.7 Å². The van der Waals surface area contributed by atoms with Crippen molar-refractivity contribution in [2.75, 3.05) is 13.2 Å². The van der Waals surface area contributed by atoms with Crippen LogP contribution in [-0.4, -0.2) is 29.2 Å². The Morgan fingerprint density at radius 3 is 2.11 bits per heavy atom. The molecule has 3 aromatic rings. The van der Waals surface area contributed by atoms with Crippen LogP contribution in [0.15, 0.2) is 65.6 Å². The van der Waals surface area contributed by atoms with Gasteiger partial charge in [0.25, 0.3) is 11.1 Å². The van der Waals surface area contributed by atoms with Crippen molar-refractivity contribution in [3.8, 4) is 11.5 Å². The van der Waals surface area contributed by atoms with Crippen LogP contribution in [0.5, 0.6) is 11.5 Å². The zero-order valence-corrected chi connectivity index (χ0v) is 24.3. The van der Waals surface area contributed by atoms with Crippen LogP contribution in [-0.2, 0) is 11.4 Å². The molecule has 0 unspecified atom stereocenters. The number of halogens is 2. The summed E-state index contributed by atoms with van der Waals surface area (Å²) in [5, 5.41) is -0.281. The molecule has 0 spiro atoms. The van der Waals surface area contributed by atoms with E-state index < -0.39 is 0 Å². The Morgan fingerprint density at radius 1 is 0.886 bits per heavy atom. The van der Waals surface area contributed by atoms with E-state index in [1.54, 1.807) is 6.08 Å². The number of nitrogens with zero attached hydrogens (tertiary/aromatic N) is 1. The summed E-state index contributed by atoms with van der Waals surface area (Å²) in [6.07, 6.45) is 1.76. The molecular weight excluding hydrogens is 688 g/mol. The first-order chi connectivity index (χ1) is 16.8. The lowest BCUT2D eigenvalue weighted by Crippen LogP contribution is -2.32. The van der Waals surface area contributed by atoms with Gasteiger partial charge in [-0.1, -0.05) is 47.5 Å². The van der Waals surface area contributed by atoms with Crippen molar-refractivity contribution >= 4 is 74.2 Å².